The first-order valence-corrected chi connectivity index (χ1v) is 8.48. The number of fused-ring (bicyclic) bond motifs is 3. The monoisotopic (exact) mass is 342 g/mol. The lowest BCUT2D eigenvalue weighted by molar-refractivity contribution is -0.137. The molecule has 24 heavy (non-hydrogen) atoms. The second-order valence-electron chi connectivity index (χ2n) is 6.55. The van der Waals surface area contributed by atoms with Gasteiger partial charge in [-0.1, -0.05) is 48.5 Å². The first-order valence-electron chi connectivity index (χ1n) is 8.48. The summed E-state index contributed by atoms with van der Waals surface area (Å²) < 4.78 is 0. The van der Waals surface area contributed by atoms with Crippen LogP contribution < -0.4 is 5.32 Å². The Morgan fingerprint density at radius 1 is 0.958 bits per heavy atom. The van der Waals surface area contributed by atoms with Crippen molar-refractivity contribution in [2.75, 3.05) is 13.1 Å². The summed E-state index contributed by atoms with van der Waals surface area (Å²) in [5.74, 6) is 0.421. The molecule has 2 heterocycles. The zero-order chi connectivity index (χ0) is 15.6. The quantitative estimate of drug-likeness (QED) is 0.858. The van der Waals surface area contributed by atoms with Crippen LogP contribution in [-0.2, 0) is 17.9 Å². The summed E-state index contributed by atoms with van der Waals surface area (Å²) in [7, 11) is 0. The molecule has 2 aliphatic heterocycles. The number of nitrogens with zero attached hydrogens (tertiary/aromatic N) is 1. The van der Waals surface area contributed by atoms with Gasteiger partial charge in [0, 0.05) is 19.6 Å². The van der Waals surface area contributed by atoms with E-state index in [1.54, 1.807) is 0 Å². The summed E-state index contributed by atoms with van der Waals surface area (Å²) in [5.41, 5.74) is 5.02. The molecule has 4 rings (SSSR count). The van der Waals surface area contributed by atoms with Crippen molar-refractivity contribution >= 4 is 18.3 Å². The molecule has 1 atom stereocenters. The number of carbonyl (C=O) groups excluding carboxylic acids is 1. The third-order valence-electron chi connectivity index (χ3n) is 5.01. The van der Waals surface area contributed by atoms with Crippen LogP contribution >= 0.6 is 12.4 Å². The fourth-order valence-corrected chi connectivity index (χ4v) is 3.79. The van der Waals surface area contributed by atoms with E-state index in [0.29, 0.717) is 19.0 Å². The molecule has 0 aromatic heterocycles. The molecule has 1 saturated heterocycles. The molecule has 2 aromatic rings. The van der Waals surface area contributed by atoms with Crippen molar-refractivity contribution < 1.29 is 4.79 Å². The highest BCUT2D eigenvalue weighted by Gasteiger charge is 2.28. The minimum Gasteiger partial charge on any atom is -0.334 e. The largest absolute Gasteiger partial charge is 0.334 e. The molecule has 1 fully saturated rings. The highest BCUT2D eigenvalue weighted by molar-refractivity contribution is 5.85. The lowest BCUT2D eigenvalue weighted by Gasteiger charge is -2.29. The first kappa shape index (κ1) is 17.0. The molecule has 0 radical (unpaired) electrons. The van der Waals surface area contributed by atoms with Gasteiger partial charge in [-0.25, -0.2) is 0 Å². The molecule has 3 nitrogen and oxygen atoms in total. The lowest BCUT2D eigenvalue weighted by Crippen LogP contribution is -2.42. The Hall–Kier alpha value is -1.84. The summed E-state index contributed by atoms with van der Waals surface area (Å²) in [6, 6.07) is 16.9. The summed E-state index contributed by atoms with van der Waals surface area (Å²) in [6.07, 6.45) is 2.10. The van der Waals surface area contributed by atoms with Crippen LogP contribution in [-0.4, -0.2) is 23.9 Å². The molecule has 126 valence electrons. The molecule has 1 unspecified atom stereocenters. The van der Waals surface area contributed by atoms with Gasteiger partial charge in [-0.05, 0) is 41.6 Å². The molecule has 2 aliphatic rings. The smallest absolute Gasteiger partial charge is 0.227 e. The van der Waals surface area contributed by atoms with Gasteiger partial charge in [-0.15, -0.1) is 12.4 Å². The Morgan fingerprint density at radius 3 is 2.08 bits per heavy atom. The van der Waals surface area contributed by atoms with Crippen LogP contribution in [0.3, 0.4) is 0 Å². The SMILES string of the molecule is Cl.O=C(C1CCCNC1)N1Cc2ccccc2-c2ccccc2C1. The van der Waals surface area contributed by atoms with Gasteiger partial charge < -0.3 is 10.2 Å². The topological polar surface area (TPSA) is 32.3 Å². The molecule has 0 saturated carbocycles. The second kappa shape index (κ2) is 7.37. The molecular formula is C20H23ClN2O. The van der Waals surface area contributed by atoms with E-state index < -0.39 is 0 Å². The third-order valence-corrected chi connectivity index (χ3v) is 5.01. The van der Waals surface area contributed by atoms with E-state index in [4.69, 9.17) is 0 Å². The van der Waals surface area contributed by atoms with Crippen LogP contribution in [0.4, 0.5) is 0 Å². The highest BCUT2D eigenvalue weighted by Crippen LogP contribution is 2.33. The number of benzene rings is 2. The van der Waals surface area contributed by atoms with Crippen LogP contribution in [0.2, 0.25) is 0 Å². The predicted octanol–water partition coefficient (Wildman–Crippen LogP) is 3.62. The summed E-state index contributed by atoms with van der Waals surface area (Å²) in [4.78, 5) is 15.1. The van der Waals surface area contributed by atoms with E-state index in [9.17, 15) is 4.79 Å². The summed E-state index contributed by atoms with van der Waals surface area (Å²) in [6.45, 7) is 3.27. The van der Waals surface area contributed by atoms with Gasteiger partial charge in [0.2, 0.25) is 5.91 Å². The Bertz CT molecular complexity index is 678. The minimum atomic E-state index is 0. The van der Waals surface area contributed by atoms with Gasteiger partial charge in [0.15, 0.2) is 0 Å². The maximum Gasteiger partial charge on any atom is 0.227 e. The minimum absolute atomic E-state index is 0. The Labute approximate surface area is 149 Å². The zero-order valence-corrected chi connectivity index (χ0v) is 14.5. The number of amides is 1. The van der Waals surface area contributed by atoms with Gasteiger partial charge >= 0.3 is 0 Å². The third kappa shape index (κ3) is 3.19. The van der Waals surface area contributed by atoms with Crippen molar-refractivity contribution in [1.82, 2.24) is 10.2 Å². The van der Waals surface area contributed by atoms with Crippen molar-refractivity contribution in [3.8, 4) is 11.1 Å². The number of halogens is 1. The molecule has 0 spiro atoms. The van der Waals surface area contributed by atoms with E-state index in [2.05, 4.69) is 53.8 Å². The van der Waals surface area contributed by atoms with Crippen LogP contribution in [0, 0.1) is 5.92 Å². The van der Waals surface area contributed by atoms with E-state index in [1.165, 1.54) is 22.3 Å². The van der Waals surface area contributed by atoms with Gasteiger partial charge in [0.05, 0.1) is 5.92 Å². The van der Waals surface area contributed by atoms with E-state index in [-0.39, 0.29) is 18.3 Å². The predicted molar refractivity (Wildman–Crippen MR) is 99.0 cm³/mol. The van der Waals surface area contributed by atoms with Crippen molar-refractivity contribution in [2.45, 2.75) is 25.9 Å². The molecule has 2 aromatic carbocycles. The standard InChI is InChI=1S/C20H22N2O.ClH/c23-20(15-8-5-11-21-12-15)22-13-16-6-1-3-9-18(16)19-10-4-2-7-17(19)14-22;/h1-4,6-7,9-10,15,21H,5,8,11-14H2;1H. The number of hydrogen-bond acceptors (Lipinski definition) is 2. The van der Waals surface area contributed by atoms with Crippen LogP contribution in [0.1, 0.15) is 24.0 Å². The van der Waals surface area contributed by atoms with Crippen molar-refractivity contribution in [2.24, 2.45) is 5.92 Å². The maximum absolute atomic E-state index is 13.0. The normalized spacial score (nSPS) is 19.5. The van der Waals surface area contributed by atoms with E-state index >= 15 is 0 Å². The maximum atomic E-state index is 13.0. The summed E-state index contributed by atoms with van der Waals surface area (Å²) in [5, 5.41) is 3.36. The fraction of sp³-hybridized carbons (Fsp3) is 0.350. The Kier molecular flexibility index (Phi) is 5.22. The number of nitrogens with one attached hydrogen (secondary N) is 1. The average molecular weight is 343 g/mol. The average Bonchev–Trinajstić information content (AvgIpc) is 2.79. The Morgan fingerprint density at radius 2 is 1.54 bits per heavy atom. The van der Waals surface area contributed by atoms with Crippen molar-refractivity contribution in [3.05, 3.63) is 59.7 Å². The highest BCUT2D eigenvalue weighted by atomic mass is 35.5. The first-order chi connectivity index (χ1) is 11.3. The van der Waals surface area contributed by atoms with Crippen LogP contribution in [0.5, 0.6) is 0 Å². The summed E-state index contributed by atoms with van der Waals surface area (Å²) >= 11 is 0. The van der Waals surface area contributed by atoms with E-state index in [1.807, 2.05) is 4.90 Å². The molecule has 4 heteroatoms. The molecule has 1 amide bonds. The van der Waals surface area contributed by atoms with Crippen LogP contribution in [0.15, 0.2) is 48.5 Å². The molecule has 1 N–H and O–H groups in total. The number of hydrogen-bond donors (Lipinski definition) is 1. The molecule has 0 aliphatic carbocycles. The molecule has 0 bridgehead atoms. The van der Waals surface area contributed by atoms with Gasteiger partial charge in [0.25, 0.3) is 0 Å². The van der Waals surface area contributed by atoms with Crippen molar-refractivity contribution in [3.63, 3.8) is 0 Å². The van der Waals surface area contributed by atoms with Crippen molar-refractivity contribution in [1.29, 1.82) is 0 Å². The number of rotatable bonds is 1. The fourth-order valence-electron chi connectivity index (χ4n) is 3.79. The Balaban J connectivity index is 0.00000169. The van der Waals surface area contributed by atoms with E-state index in [0.717, 1.165) is 25.9 Å². The number of piperidine rings is 1. The van der Waals surface area contributed by atoms with Gasteiger partial charge in [-0.2, -0.15) is 0 Å². The van der Waals surface area contributed by atoms with Gasteiger partial charge in [0.1, 0.15) is 0 Å². The van der Waals surface area contributed by atoms with Gasteiger partial charge in [-0.3, -0.25) is 4.79 Å². The molecular weight excluding hydrogens is 320 g/mol. The van der Waals surface area contributed by atoms with Crippen LogP contribution in [0.25, 0.3) is 11.1 Å². The number of carbonyl (C=O) groups is 1. The zero-order valence-electron chi connectivity index (χ0n) is 13.7. The second-order valence-corrected chi connectivity index (χ2v) is 6.55. The lowest BCUT2D eigenvalue weighted by atomic mass is 9.97.